The Morgan fingerprint density at radius 2 is 1.76 bits per heavy atom. The zero-order valence-electron chi connectivity index (χ0n) is 30.9. The Bertz CT molecular complexity index is 1350. The van der Waals surface area contributed by atoms with Gasteiger partial charge in [-0.15, -0.1) is 0 Å². The average molecular weight is 724 g/mol. The summed E-state index contributed by atoms with van der Waals surface area (Å²) in [5.74, 6) is 6.37. The zero-order chi connectivity index (χ0) is 37.8. The minimum Gasteiger partial charge on any atom is -0.495 e. The Kier molecular flexibility index (Phi) is 21.0. The molecule has 0 bridgehead atoms. The number of ether oxygens (including phenoxy) is 2. The van der Waals surface area contributed by atoms with Crippen LogP contribution in [0.3, 0.4) is 0 Å². The number of anilines is 1. The van der Waals surface area contributed by atoms with Crippen molar-refractivity contribution in [2.24, 2.45) is 5.92 Å². The Labute approximate surface area is 300 Å². The summed E-state index contributed by atoms with van der Waals surface area (Å²) in [6.45, 7) is 16.4. The largest absolute Gasteiger partial charge is 0.495 e. The third kappa shape index (κ3) is 13.5. The highest BCUT2D eigenvalue weighted by Gasteiger charge is 2.32. The van der Waals surface area contributed by atoms with E-state index in [0.29, 0.717) is 25.0 Å². The number of dihydropyridines is 1. The van der Waals surface area contributed by atoms with Gasteiger partial charge in [0.15, 0.2) is 0 Å². The summed E-state index contributed by atoms with van der Waals surface area (Å²) in [5, 5.41) is 5.25. The van der Waals surface area contributed by atoms with Crippen LogP contribution in [0.1, 0.15) is 84.2 Å². The van der Waals surface area contributed by atoms with Crippen LogP contribution >= 0.6 is 11.8 Å². The predicted octanol–water partition coefficient (Wildman–Crippen LogP) is 4.71. The number of allylic oxidation sites excluding steroid dienone is 1. The van der Waals surface area contributed by atoms with Crippen molar-refractivity contribution in [3.63, 3.8) is 0 Å². The molecule has 3 aliphatic heterocycles. The Balaban J connectivity index is 0.00000102. The molecule has 0 aromatic carbocycles. The minimum atomic E-state index is -2.72. The highest BCUT2D eigenvalue weighted by molar-refractivity contribution is 8.00. The number of piperazine rings is 1. The molecule has 3 amide bonds. The molecule has 1 saturated carbocycles. The van der Waals surface area contributed by atoms with Crippen LogP contribution in [0, 0.1) is 17.8 Å². The zero-order valence-corrected chi connectivity index (χ0v) is 31.7. The van der Waals surface area contributed by atoms with Gasteiger partial charge in [0, 0.05) is 49.7 Å². The summed E-state index contributed by atoms with van der Waals surface area (Å²) < 4.78 is 37.4. The van der Waals surface area contributed by atoms with Crippen molar-refractivity contribution in [2.45, 2.75) is 97.7 Å². The number of thioether (sulfide) groups is 1. The quantitative estimate of drug-likeness (QED) is 0.221. The number of alkyl halides is 2. The van der Waals surface area contributed by atoms with E-state index in [2.05, 4.69) is 38.3 Å². The first-order chi connectivity index (χ1) is 24.1. The van der Waals surface area contributed by atoms with Crippen molar-refractivity contribution in [2.75, 3.05) is 38.8 Å². The van der Waals surface area contributed by atoms with E-state index in [0.717, 1.165) is 12.8 Å². The number of carbonyl (C=O) groups is 3. The van der Waals surface area contributed by atoms with Gasteiger partial charge in [0.25, 0.3) is 12.3 Å². The first kappa shape index (κ1) is 44.3. The van der Waals surface area contributed by atoms with Crippen molar-refractivity contribution in [3.05, 3.63) is 41.4 Å². The molecular formula is C35H55F2N7O5S. The number of aromatic nitrogens is 1. The Morgan fingerprint density at radius 1 is 1.10 bits per heavy atom. The highest BCUT2D eigenvalue weighted by Crippen LogP contribution is 2.33. The standard InChI is InChI=1S/C25H27F2N7O4S.C4H10O.3C2H6/c1-38-19-11-28-18(23(26)27)8-16(19)15-9-20(34-7-6-33(13-35)12-22(34)36)29-10-17(15)24(37)30-25-32-31-21(39-25)5-4-14-2-3-14;1-4(2)5-3;3*1-2/h8-11,13-14,18,21,23,25,28,31-32H,2-3,6-7,12H2,1H3,(H,30,37);4H,1-3H3;3*1-2H3. The minimum absolute atomic E-state index is 0.108. The Morgan fingerprint density at radius 3 is 2.30 bits per heavy atom. The van der Waals surface area contributed by atoms with Crippen LogP contribution in [0.15, 0.2) is 30.3 Å². The number of nitrogens with zero attached hydrogens (tertiary/aromatic N) is 3. The van der Waals surface area contributed by atoms with E-state index in [9.17, 15) is 23.2 Å². The van der Waals surface area contributed by atoms with E-state index in [4.69, 9.17) is 9.47 Å². The summed E-state index contributed by atoms with van der Waals surface area (Å²) in [4.78, 5) is 44.3. The molecule has 2 saturated heterocycles. The molecule has 4 aliphatic rings. The molecule has 15 heteroatoms. The molecule has 3 fully saturated rings. The molecule has 4 heterocycles. The monoisotopic (exact) mass is 723 g/mol. The van der Waals surface area contributed by atoms with Gasteiger partial charge in [0.1, 0.15) is 28.5 Å². The van der Waals surface area contributed by atoms with Gasteiger partial charge in [-0.3, -0.25) is 19.3 Å². The van der Waals surface area contributed by atoms with Crippen molar-refractivity contribution in [1.82, 2.24) is 31.4 Å². The molecule has 3 atom stereocenters. The van der Waals surface area contributed by atoms with Gasteiger partial charge in [0.2, 0.25) is 12.3 Å². The molecule has 4 N–H and O–H groups in total. The summed E-state index contributed by atoms with van der Waals surface area (Å²) in [6.07, 6.45) is 4.41. The van der Waals surface area contributed by atoms with Crippen molar-refractivity contribution in [1.29, 1.82) is 0 Å². The normalized spacial score (nSPS) is 20.7. The maximum absolute atomic E-state index is 13.6. The van der Waals surface area contributed by atoms with Crippen LogP contribution in [-0.4, -0.2) is 91.4 Å². The fourth-order valence-electron chi connectivity index (χ4n) is 4.23. The molecular weight excluding hydrogens is 668 g/mol. The lowest BCUT2D eigenvalue weighted by molar-refractivity contribution is -0.128. The predicted molar refractivity (Wildman–Crippen MR) is 196 cm³/mol. The second-order valence-corrected chi connectivity index (χ2v) is 11.7. The molecule has 0 radical (unpaired) electrons. The van der Waals surface area contributed by atoms with Crippen LogP contribution < -0.4 is 26.4 Å². The fraction of sp³-hybridized carbons (Fsp3) is 0.600. The maximum atomic E-state index is 13.6. The van der Waals surface area contributed by atoms with E-state index in [-0.39, 0.29) is 52.6 Å². The number of amides is 3. The molecule has 50 heavy (non-hydrogen) atoms. The Hall–Kier alpha value is -3.71. The number of carbonyl (C=O) groups excluding carboxylic acids is 3. The second-order valence-electron chi connectivity index (χ2n) is 10.5. The van der Waals surface area contributed by atoms with Crippen LogP contribution in [0.25, 0.3) is 5.57 Å². The number of hydrogen-bond donors (Lipinski definition) is 4. The SMILES string of the molecule is CC.CC.CC.COC(C)C.COC1=CNC(C(F)F)C=C1c1cc(N2CCN(C=O)CC2=O)ncc1C(=O)NC1NNC(C#CC2CC2)S1. The number of nitrogens with one attached hydrogen (secondary N) is 4. The van der Waals surface area contributed by atoms with Gasteiger partial charge >= 0.3 is 0 Å². The summed E-state index contributed by atoms with van der Waals surface area (Å²) >= 11 is 1.39. The lowest BCUT2D eigenvalue weighted by atomic mass is 9.95. The third-order valence-corrected chi connectivity index (χ3v) is 7.97. The number of hydrogen-bond acceptors (Lipinski definition) is 10. The van der Waals surface area contributed by atoms with E-state index in [1.165, 1.54) is 53.2 Å². The van der Waals surface area contributed by atoms with Gasteiger partial charge < -0.3 is 25.0 Å². The van der Waals surface area contributed by atoms with Crippen molar-refractivity contribution >= 4 is 41.4 Å². The summed E-state index contributed by atoms with van der Waals surface area (Å²) in [5.41, 5.74) is 6.14. The fourth-order valence-corrected chi connectivity index (χ4v) is 5.08. The molecule has 280 valence electrons. The van der Waals surface area contributed by atoms with Crippen LogP contribution in [-0.2, 0) is 19.1 Å². The summed E-state index contributed by atoms with van der Waals surface area (Å²) in [6, 6.07) is 0.194. The first-order valence-corrected chi connectivity index (χ1v) is 18.1. The lowest BCUT2D eigenvalue weighted by Crippen LogP contribution is -2.50. The molecule has 3 unspecified atom stereocenters. The molecule has 1 aromatic heterocycles. The smallest absolute Gasteiger partial charge is 0.261 e. The third-order valence-electron chi connectivity index (χ3n) is 6.96. The molecule has 1 aliphatic carbocycles. The molecule has 0 spiro atoms. The van der Waals surface area contributed by atoms with E-state index in [1.54, 1.807) is 7.11 Å². The van der Waals surface area contributed by atoms with Gasteiger partial charge in [-0.05, 0) is 38.8 Å². The molecule has 5 rings (SSSR count). The summed E-state index contributed by atoms with van der Waals surface area (Å²) in [7, 11) is 3.09. The van der Waals surface area contributed by atoms with E-state index < -0.39 is 23.9 Å². The number of methoxy groups -OCH3 is 2. The van der Waals surface area contributed by atoms with Gasteiger partial charge in [-0.25, -0.2) is 24.6 Å². The second kappa shape index (κ2) is 23.7. The van der Waals surface area contributed by atoms with Crippen LogP contribution in [0.2, 0.25) is 0 Å². The lowest BCUT2D eigenvalue weighted by Gasteiger charge is -2.32. The number of hydrazine groups is 1. The van der Waals surface area contributed by atoms with Crippen molar-refractivity contribution in [3.8, 4) is 11.8 Å². The van der Waals surface area contributed by atoms with Crippen LogP contribution in [0.4, 0.5) is 14.6 Å². The van der Waals surface area contributed by atoms with Gasteiger partial charge in [-0.2, -0.15) is 0 Å². The van der Waals surface area contributed by atoms with E-state index in [1.807, 2.05) is 55.4 Å². The van der Waals surface area contributed by atoms with Crippen molar-refractivity contribution < 1.29 is 32.6 Å². The van der Waals surface area contributed by atoms with Gasteiger partial charge in [-0.1, -0.05) is 65.1 Å². The molecule has 12 nitrogen and oxygen atoms in total. The topological polar surface area (TPSA) is 137 Å². The first-order valence-electron chi connectivity index (χ1n) is 17.1. The average Bonchev–Trinajstić information content (AvgIpc) is 3.89. The van der Waals surface area contributed by atoms with E-state index >= 15 is 0 Å². The van der Waals surface area contributed by atoms with Crippen LogP contribution in [0.5, 0.6) is 0 Å². The number of rotatable bonds is 8. The molecule has 1 aromatic rings. The number of halogens is 2. The highest BCUT2D eigenvalue weighted by atomic mass is 32.2. The van der Waals surface area contributed by atoms with Gasteiger partial charge in [0.05, 0.1) is 25.3 Å². The maximum Gasteiger partial charge on any atom is 0.261 e. The number of pyridine rings is 1.